The van der Waals surface area contributed by atoms with Gasteiger partial charge in [0.25, 0.3) is 0 Å². The Morgan fingerprint density at radius 3 is 1.22 bits per heavy atom. The summed E-state index contributed by atoms with van der Waals surface area (Å²) in [5.41, 5.74) is 3.14. The molecule has 0 aromatic carbocycles. The van der Waals surface area contributed by atoms with E-state index in [1.165, 1.54) is 0 Å². The molecule has 50 valence electrons. The van der Waals surface area contributed by atoms with E-state index < -0.39 is 0 Å². The molecule has 1 aliphatic rings. The Bertz CT molecular complexity index is 215. The summed E-state index contributed by atoms with van der Waals surface area (Å²) in [5.74, 6) is 0. The second-order valence-corrected chi connectivity index (χ2v) is 6.81. The van der Waals surface area contributed by atoms with E-state index in [-0.39, 0.29) is 16.5 Å². The van der Waals surface area contributed by atoms with Crippen LogP contribution in [0.4, 0.5) is 0 Å². The third-order valence-corrected chi connectivity index (χ3v) is 5.65. The van der Waals surface area contributed by atoms with Crippen LogP contribution in [0.2, 0.25) is 0 Å². The van der Waals surface area contributed by atoms with Crippen molar-refractivity contribution in [3.05, 3.63) is 11.1 Å². The molecule has 0 nitrogen and oxygen atoms in total. The monoisotopic (exact) mass is 300 g/mol. The summed E-state index contributed by atoms with van der Waals surface area (Å²) in [6, 6.07) is 0. The molecule has 0 saturated carbocycles. The second kappa shape index (κ2) is 2.39. The van der Waals surface area contributed by atoms with E-state index in [1.807, 2.05) is 0 Å². The Balaban J connectivity index is 3.17. The van der Waals surface area contributed by atoms with E-state index in [2.05, 4.69) is 27.7 Å². The number of hydrogen-bond donors (Lipinski definition) is 0. The first-order valence-corrected chi connectivity index (χ1v) is 5.64. The van der Waals surface area contributed by atoms with Crippen LogP contribution in [0.1, 0.15) is 27.7 Å². The van der Waals surface area contributed by atoms with Crippen molar-refractivity contribution in [3.8, 4) is 0 Å². The van der Waals surface area contributed by atoms with Crippen molar-refractivity contribution >= 4 is 8.13 Å². The van der Waals surface area contributed by atoms with Crippen LogP contribution in [0, 0.1) is 0 Å². The molecule has 0 atom stereocenters. The van der Waals surface area contributed by atoms with E-state index in [4.69, 9.17) is 0 Å². The first-order chi connectivity index (χ1) is 4.13. The Labute approximate surface area is 63.8 Å². The summed E-state index contributed by atoms with van der Waals surface area (Å²) >= 11 is 0.0563. The van der Waals surface area contributed by atoms with Crippen LogP contribution in [-0.4, -0.2) is 8.13 Å². The summed E-state index contributed by atoms with van der Waals surface area (Å²) < 4.78 is 3.37. The quantitative estimate of drug-likeness (QED) is 0.640. The molecule has 0 fully saturated rings. The van der Waals surface area contributed by atoms with Crippen LogP contribution in [0.5, 0.6) is 0 Å². The molecule has 0 radical (unpaired) electrons. The van der Waals surface area contributed by atoms with Crippen LogP contribution in [0.25, 0.3) is 0 Å². The van der Waals surface area contributed by atoms with Gasteiger partial charge < -0.3 is 0 Å². The zero-order valence-electron chi connectivity index (χ0n) is 6.35. The van der Waals surface area contributed by atoms with Crippen LogP contribution in [-0.2, 0) is 16.5 Å². The summed E-state index contributed by atoms with van der Waals surface area (Å²) in [5, 5.41) is 0. The van der Waals surface area contributed by atoms with Gasteiger partial charge in [-0.05, 0) is 0 Å². The summed E-state index contributed by atoms with van der Waals surface area (Å²) in [6.45, 7) is 9.05. The average Bonchev–Trinajstić information content (AvgIpc) is 1.98. The summed E-state index contributed by atoms with van der Waals surface area (Å²) in [4.78, 5) is 0. The van der Waals surface area contributed by atoms with E-state index in [0.717, 1.165) is 0 Å². The fraction of sp³-hybridized carbons (Fsp3) is 0.500. The van der Waals surface area contributed by atoms with Crippen LogP contribution in [0.3, 0.4) is 0 Å². The summed E-state index contributed by atoms with van der Waals surface area (Å²) in [7, 11) is 0. The van der Waals surface area contributed by atoms with Crippen LogP contribution < -0.4 is 0 Å². The number of rotatable bonds is 0. The Morgan fingerprint density at radius 1 is 0.778 bits per heavy atom. The van der Waals surface area contributed by atoms with Crippen LogP contribution in [0.15, 0.2) is 11.1 Å². The number of hydrogen-bond acceptors (Lipinski definition) is 0. The molecule has 0 saturated heterocycles. The van der Waals surface area contributed by atoms with Crippen molar-refractivity contribution in [3.63, 3.8) is 0 Å². The summed E-state index contributed by atoms with van der Waals surface area (Å²) in [6.07, 6.45) is 0. The Morgan fingerprint density at radius 2 is 1.11 bits per heavy atom. The van der Waals surface area contributed by atoms with Gasteiger partial charge in [0.15, 0.2) is 0 Å². The molecular formula is C8H12Os+2. The van der Waals surface area contributed by atoms with Gasteiger partial charge in [0, 0.05) is 0 Å². The second-order valence-electron chi connectivity index (χ2n) is 2.37. The van der Waals surface area contributed by atoms with Crippen molar-refractivity contribution in [2.45, 2.75) is 27.7 Å². The predicted octanol–water partition coefficient (Wildman–Crippen LogP) is 1.80. The fourth-order valence-electron chi connectivity index (χ4n) is 0.839. The zero-order chi connectivity index (χ0) is 7.02. The molecular weight excluding hydrogens is 286 g/mol. The number of allylic oxidation sites excluding steroid dienone is 2. The minimum absolute atomic E-state index is 0.0563. The maximum atomic E-state index is 2.28. The van der Waals surface area contributed by atoms with E-state index in [9.17, 15) is 0 Å². The molecule has 0 N–H and O–H groups in total. The van der Waals surface area contributed by atoms with Gasteiger partial charge in [0.05, 0.1) is 0 Å². The van der Waals surface area contributed by atoms with Gasteiger partial charge in [-0.15, -0.1) is 0 Å². The normalized spacial score (nSPS) is 19.1. The van der Waals surface area contributed by atoms with Gasteiger partial charge in [0.2, 0.25) is 0 Å². The molecule has 9 heavy (non-hydrogen) atoms. The van der Waals surface area contributed by atoms with Crippen molar-refractivity contribution in [2.75, 3.05) is 0 Å². The van der Waals surface area contributed by atoms with Crippen molar-refractivity contribution < 1.29 is 16.5 Å². The SMILES string of the molecule is C[C]1=[Os+2]=[C](C)C(C)=C1C. The van der Waals surface area contributed by atoms with Gasteiger partial charge in [-0.1, -0.05) is 0 Å². The van der Waals surface area contributed by atoms with E-state index in [0.29, 0.717) is 0 Å². The van der Waals surface area contributed by atoms with Gasteiger partial charge in [-0.25, -0.2) is 0 Å². The molecule has 0 aromatic rings. The molecule has 1 rings (SSSR count). The topological polar surface area (TPSA) is 0 Å². The Hall–Kier alpha value is 0.116. The first-order valence-electron chi connectivity index (χ1n) is 3.10. The predicted molar refractivity (Wildman–Crippen MR) is 39.7 cm³/mol. The molecule has 0 amide bonds. The van der Waals surface area contributed by atoms with Gasteiger partial charge in [0.1, 0.15) is 0 Å². The third-order valence-electron chi connectivity index (χ3n) is 1.84. The van der Waals surface area contributed by atoms with Gasteiger partial charge >= 0.3 is 63.5 Å². The standard InChI is InChI=1S/C8H12.Os/c1-5-7(3)8(4)6-2;/h1-4H3;/q;+2. The zero-order valence-corrected chi connectivity index (χ0v) is 8.89. The molecule has 0 unspecified atom stereocenters. The molecule has 0 spiro atoms. The van der Waals surface area contributed by atoms with Gasteiger partial charge in [-0.2, -0.15) is 0 Å². The van der Waals surface area contributed by atoms with Crippen molar-refractivity contribution in [1.82, 2.24) is 0 Å². The molecule has 0 bridgehead atoms. The molecule has 1 aliphatic heterocycles. The fourth-order valence-corrected chi connectivity index (χ4v) is 4.17. The molecule has 1 heterocycles. The molecule has 0 aliphatic carbocycles. The maximum absolute atomic E-state index is 2.28. The minimum atomic E-state index is 0.0563. The first kappa shape index (κ1) is 7.23. The average molecular weight is 298 g/mol. The van der Waals surface area contributed by atoms with Crippen LogP contribution >= 0.6 is 0 Å². The Kier molecular flexibility index (Phi) is 1.92. The molecule has 1 heteroatoms. The van der Waals surface area contributed by atoms with Gasteiger partial charge in [-0.3, -0.25) is 0 Å². The van der Waals surface area contributed by atoms with E-state index in [1.54, 1.807) is 19.3 Å². The third kappa shape index (κ3) is 1.17. The van der Waals surface area contributed by atoms with E-state index >= 15 is 0 Å². The molecule has 0 aromatic heterocycles. The van der Waals surface area contributed by atoms with Crippen molar-refractivity contribution in [2.24, 2.45) is 0 Å². The van der Waals surface area contributed by atoms with Crippen molar-refractivity contribution in [1.29, 1.82) is 0 Å².